The minimum atomic E-state index is -0.994. The number of hydrogen-bond donors (Lipinski definition) is 3. The zero-order chi connectivity index (χ0) is 29.9. The predicted octanol–water partition coefficient (Wildman–Crippen LogP) is 4.76. The SMILES string of the molecule is C=C/C=C\C=C(/C)C(=O)CCC(=O)N1Cc2ccccc2C[C@H]1C(=O)N[C@@H](CCN)C(=O)Nc1c(Cl)cccc1Cl. The van der Waals surface area contributed by atoms with Gasteiger partial charge in [0.15, 0.2) is 5.78 Å². The minimum Gasteiger partial charge on any atom is -0.342 e. The van der Waals surface area contributed by atoms with E-state index in [9.17, 15) is 19.2 Å². The van der Waals surface area contributed by atoms with Crippen LogP contribution in [0, 0.1) is 0 Å². The van der Waals surface area contributed by atoms with Crippen molar-refractivity contribution < 1.29 is 19.2 Å². The van der Waals surface area contributed by atoms with Crippen molar-refractivity contribution in [2.24, 2.45) is 5.73 Å². The van der Waals surface area contributed by atoms with Gasteiger partial charge in [-0.2, -0.15) is 0 Å². The third kappa shape index (κ3) is 8.63. The summed E-state index contributed by atoms with van der Waals surface area (Å²) in [5, 5.41) is 5.95. The molecule has 0 unspecified atom stereocenters. The Hall–Kier alpha value is -3.72. The van der Waals surface area contributed by atoms with E-state index < -0.39 is 23.9 Å². The molecule has 0 spiro atoms. The second-order valence-corrected chi connectivity index (χ2v) is 10.4. The summed E-state index contributed by atoms with van der Waals surface area (Å²) in [6, 6.07) is 10.5. The lowest BCUT2D eigenvalue weighted by molar-refractivity contribution is -0.143. The molecule has 2 aromatic rings. The third-order valence-corrected chi connectivity index (χ3v) is 7.40. The van der Waals surface area contributed by atoms with Crippen LogP contribution < -0.4 is 16.4 Å². The number of nitrogens with one attached hydrogen (secondary N) is 2. The number of amides is 3. The molecule has 216 valence electrons. The van der Waals surface area contributed by atoms with Crippen LogP contribution in [0.2, 0.25) is 10.0 Å². The van der Waals surface area contributed by atoms with Crippen molar-refractivity contribution in [1.29, 1.82) is 0 Å². The van der Waals surface area contributed by atoms with Crippen LogP contribution in [0.4, 0.5) is 5.69 Å². The Balaban J connectivity index is 1.77. The van der Waals surface area contributed by atoms with Crippen LogP contribution in [0.3, 0.4) is 0 Å². The Morgan fingerprint density at radius 3 is 2.39 bits per heavy atom. The molecule has 2 atom stereocenters. The van der Waals surface area contributed by atoms with Gasteiger partial charge in [0.1, 0.15) is 12.1 Å². The number of anilines is 1. The van der Waals surface area contributed by atoms with E-state index in [1.807, 2.05) is 24.3 Å². The number of rotatable bonds is 12. The van der Waals surface area contributed by atoms with E-state index in [-0.39, 0.29) is 66.2 Å². The topological polar surface area (TPSA) is 122 Å². The summed E-state index contributed by atoms with van der Waals surface area (Å²) in [7, 11) is 0. The highest BCUT2D eigenvalue weighted by molar-refractivity contribution is 6.39. The van der Waals surface area contributed by atoms with Gasteiger partial charge in [0.2, 0.25) is 17.7 Å². The monoisotopic (exact) mass is 596 g/mol. The number of nitrogens with zero attached hydrogens (tertiary/aromatic N) is 1. The van der Waals surface area contributed by atoms with Crippen LogP contribution in [0.5, 0.6) is 0 Å². The average Bonchev–Trinajstić information content (AvgIpc) is 2.96. The summed E-state index contributed by atoms with van der Waals surface area (Å²) >= 11 is 12.4. The molecule has 0 radical (unpaired) electrons. The zero-order valence-corrected chi connectivity index (χ0v) is 24.4. The number of Topliss-reactive ketones (excluding diaryl/α,β-unsaturated/α-hetero) is 1. The van der Waals surface area contributed by atoms with E-state index in [1.165, 1.54) is 4.90 Å². The van der Waals surface area contributed by atoms with E-state index in [1.54, 1.807) is 49.4 Å². The van der Waals surface area contributed by atoms with Crippen molar-refractivity contribution >= 4 is 52.4 Å². The summed E-state index contributed by atoms with van der Waals surface area (Å²) in [5.74, 6) is -1.52. The van der Waals surface area contributed by atoms with Crippen LogP contribution >= 0.6 is 23.2 Å². The molecule has 1 heterocycles. The van der Waals surface area contributed by atoms with Gasteiger partial charge < -0.3 is 21.3 Å². The number of para-hydroxylation sites is 1. The molecule has 0 bridgehead atoms. The molecular weight excluding hydrogens is 563 g/mol. The van der Waals surface area contributed by atoms with E-state index in [0.29, 0.717) is 5.57 Å². The molecule has 8 nitrogen and oxygen atoms in total. The second kappa shape index (κ2) is 15.3. The maximum absolute atomic E-state index is 13.6. The maximum Gasteiger partial charge on any atom is 0.247 e. The predicted molar refractivity (Wildman–Crippen MR) is 163 cm³/mol. The van der Waals surface area contributed by atoms with Gasteiger partial charge in [-0.15, -0.1) is 0 Å². The molecule has 0 aliphatic carbocycles. The van der Waals surface area contributed by atoms with Crippen LogP contribution in [-0.4, -0.2) is 47.0 Å². The summed E-state index contributed by atoms with van der Waals surface area (Å²) in [5.41, 5.74) is 8.35. The third-order valence-electron chi connectivity index (χ3n) is 6.77. The maximum atomic E-state index is 13.6. The number of benzene rings is 2. The molecule has 0 aromatic heterocycles. The highest BCUT2D eigenvalue weighted by Crippen LogP contribution is 2.30. The summed E-state index contributed by atoms with van der Waals surface area (Å²) in [4.78, 5) is 54.2. The van der Waals surface area contributed by atoms with Gasteiger partial charge in [-0.25, -0.2) is 0 Å². The number of carbonyl (C=O) groups is 4. The molecule has 1 aliphatic heterocycles. The van der Waals surface area contributed by atoms with Gasteiger partial charge in [-0.3, -0.25) is 19.2 Å². The summed E-state index contributed by atoms with van der Waals surface area (Å²) in [6.07, 6.45) is 7.04. The molecule has 3 amide bonds. The fourth-order valence-corrected chi connectivity index (χ4v) is 4.97. The number of allylic oxidation sites excluding steroid dienone is 5. The first-order chi connectivity index (χ1) is 19.7. The van der Waals surface area contributed by atoms with Crippen molar-refractivity contribution in [3.63, 3.8) is 0 Å². The van der Waals surface area contributed by atoms with E-state index in [2.05, 4.69) is 17.2 Å². The van der Waals surface area contributed by atoms with Crippen molar-refractivity contribution in [2.75, 3.05) is 11.9 Å². The summed E-state index contributed by atoms with van der Waals surface area (Å²) < 4.78 is 0. The molecule has 4 N–H and O–H groups in total. The van der Waals surface area contributed by atoms with E-state index in [0.717, 1.165) is 11.1 Å². The second-order valence-electron chi connectivity index (χ2n) is 9.63. The lowest BCUT2D eigenvalue weighted by Gasteiger charge is -2.36. The molecular formula is C31H34Cl2N4O4. The Labute approximate surface area is 250 Å². The standard InChI is InChI=1S/C31H34Cl2N4O4/c1-3-4-5-9-20(2)27(38)14-15-28(39)37-19-22-11-7-6-10-21(22)18-26(37)31(41)35-25(16-17-34)30(40)36-29-23(32)12-8-13-24(29)33/h3-13,25-26H,1,14-19,34H2,2H3,(H,35,41)(H,36,40)/b5-4-,20-9+/t25-,26-/m0/s1. The number of hydrogen-bond acceptors (Lipinski definition) is 5. The molecule has 0 saturated carbocycles. The smallest absolute Gasteiger partial charge is 0.247 e. The van der Waals surface area contributed by atoms with E-state index >= 15 is 0 Å². The van der Waals surface area contributed by atoms with Crippen molar-refractivity contribution in [2.45, 2.75) is 51.2 Å². The number of nitrogens with two attached hydrogens (primary N) is 1. The first-order valence-electron chi connectivity index (χ1n) is 13.3. The number of fused-ring (bicyclic) bond motifs is 1. The lowest BCUT2D eigenvalue weighted by atomic mass is 9.92. The van der Waals surface area contributed by atoms with Crippen molar-refractivity contribution in [1.82, 2.24) is 10.2 Å². The normalized spacial score (nSPS) is 15.7. The largest absolute Gasteiger partial charge is 0.342 e. The first kappa shape index (κ1) is 31.8. The van der Waals surface area contributed by atoms with Crippen LogP contribution in [0.15, 0.2) is 78.9 Å². The van der Waals surface area contributed by atoms with Crippen molar-refractivity contribution in [3.8, 4) is 0 Å². The molecule has 0 saturated heterocycles. The van der Waals surface area contributed by atoms with Gasteiger partial charge in [-0.05, 0) is 48.7 Å². The Kier molecular flexibility index (Phi) is 11.9. The lowest BCUT2D eigenvalue weighted by Crippen LogP contribution is -2.56. The van der Waals surface area contributed by atoms with Gasteiger partial charge in [0.25, 0.3) is 0 Å². The number of halogens is 2. The fraction of sp³-hybridized carbons (Fsp3) is 0.290. The van der Waals surface area contributed by atoms with Gasteiger partial charge in [0.05, 0.1) is 15.7 Å². The fourth-order valence-electron chi connectivity index (χ4n) is 4.48. The zero-order valence-electron chi connectivity index (χ0n) is 22.9. The molecule has 1 aliphatic rings. The molecule has 3 rings (SSSR count). The quantitative estimate of drug-likeness (QED) is 0.241. The van der Waals surface area contributed by atoms with Crippen molar-refractivity contribution in [3.05, 3.63) is 100 Å². The Bertz CT molecular complexity index is 1350. The summed E-state index contributed by atoms with van der Waals surface area (Å²) in [6.45, 7) is 5.61. The van der Waals surface area contributed by atoms with Crippen LogP contribution in [0.25, 0.3) is 0 Å². The van der Waals surface area contributed by atoms with Crippen LogP contribution in [-0.2, 0) is 32.1 Å². The highest BCUT2D eigenvalue weighted by atomic mass is 35.5. The Morgan fingerprint density at radius 2 is 1.73 bits per heavy atom. The van der Waals surface area contributed by atoms with E-state index in [4.69, 9.17) is 28.9 Å². The Morgan fingerprint density at radius 1 is 1.05 bits per heavy atom. The van der Waals surface area contributed by atoms with Crippen LogP contribution in [0.1, 0.15) is 37.3 Å². The van der Waals surface area contributed by atoms with Gasteiger partial charge in [0, 0.05) is 25.8 Å². The van der Waals surface area contributed by atoms with Gasteiger partial charge >= 0.3 is 0 Å². The molecule has 41 heavy (non-hydrogen) atoms. The number of carbonyl (C=O) groups excluding carboxylic acids is 4. The molecule has 2 aromatic carbocycles. The average molecular weight is 598 g/mol. The first-order valence-corrected chi connectivity index (χ1v) is 14.0. The highest BCUT2D eigenvalue weighted by Gasteiger charge is 2.36. The number of ketones is 1. The molecule has 0 fully saturated rings. The molecule has 10 heteroatoms. The van der Waals surface area contributed by atoms with Gasteiger partial charge in [-0.1, -0.05) is 84.4 Å². The minimum absolute atomic E-state index is 0.00633.